The molecule has 1 spiro atoms. The van der Waals surface area contributed by atoms with Crippen LogP contribution in [0.5, 0.6) is 0 Å². The fraction of sp³-hybridized carbons (Fsp3) is 0.417. The van der Waals surface area contributed by atoms with Crippen LogP contribution in [-0.2, 0) is 14.6 Å². The summed E-state index contributed by atoms with van der Waals surface area (Å²) in [7, 11) is -3.36. The molecule has 5 heteroatoms. The molecule has 3 rings (SSSR count). The van der Waals surface area contributed by atoms with Crippen LogP contribution in [0, 0.1) is 12.3 Å². The van der Waals surface area contributed by atoms with Gasteiger partial charge in [-0.2, -0.15) is 0 Å². The van der Waals surface area contributed by atoms with E-state index in [1.54, 1.807) is 18.2 Å². The third-order valence-corrected chi connectivity index (χ3v) is 5.46. The molecule has 1 saturated carbocycles. The molecule has 0 unspecified atom stereocenters. The van der Waals surface area contributed by atoms with Crippen LogP contribution in [0.2, 0.25) is 0 Å². The maximum absolute atomic E-state index is 12.3. The van der Waals surface area contributed by atoms with Gasteiger partial charge in [-0.15, -0.1) is 0 Å². The minimum absolute atomic E-state index is 0.0533. The SMILES string of the molecule is Cc1ccc2c(c1)S(=O)(=O)CC1(CC1)C(=O)N2. The molecule has 0 atom stereocenters. The van der Waals surface area contributed by atoms with Crippen molar-refractivity contribution in [3.05, 3.63) is 23.8 Å². The van der Waals surface area contributed by atoms with Gasteiger partial charge in [0.2, 0.25) is 5.91 Å². The fourth-order valence-corrected chi connectivity index (χ4v) is 4.40. The van der Waals surface area contributed by atoms with Crippen molar-refractivity contribution >= 4 is 21.4 Å². The number of hydrogen-bond acceptors (Lipinski definition) is 3. The van der Waals surface area contributed by atoms with Gasteiger partial charge in [0.1, 0.15) is 0 Å². The second-order valence-electron chi connectivity index (χ2n) is 4.99. The maximum Gasteiger partial charge on any atom is 0.231 e. The Morgan fingerprint density at radius 2 is 2.00 bits per heavy atom. The van der Waals surface area contributed by atoms with Gasteiger partial charge in [0, 0.05) is 0 Å². The van der Waals surface area contributed by atoms with Crippen LogP contribution in [0.1, 0.15) is 18.4 Å². The van der Waals surface area contributed by atoms with Crippen molar-refractivity contribution in [3.63, 3.8) is 0 Å². The van der Waals surface area contributed by atoms with Crippen molar-refractivity contribution in [2.24, 2.45) is 5.41 Å². The number of rotatable bonds is 0. The van der Waals surface area contributed by atoms with Gasteiger partial charge in [0.05, 0.1) is 21.8 Å². The maximum atomic E-state index is 12.3. The van der Waals surface area contributed by atoms with Crippen molar-refractivity contribution < 1.29 is 13.2 Å². The Morgan fingerprint density at radius 3 is 2.65 bits per heavy atom. The topological polar surface area (TPSA) is 63.2 Å². The van der Waals surface area contributed by atoms with E-state index in [0.29, 0.717) is 18.5 Å². The third kappa shape index (κ3) is 1.57. The van der Waals surface area contributed by atoms with Gasteiger partial charge in [-0.25, -0.2) is 8.42 Å². The highest BCUT2D eigenvalue weighted by Gasteiger charge is 2.54. The number of amides is 1. The van der Waals surface area contributed by atoms with Crippen LogP contribution in [0.4, 0.5) is 5.69 Å². The summed E-state index contributed by atoms with van der Waals surface area (Å²) >= 11 is 0. The molecular formula is C12H13NO3S. The number of benzene rings is 1. The number of sulfone groups is 1. The summed E-state index contributed by atoms with van der Waals surface area (Å²) < 4.78 is 24.5. The number of carbonyl (C=O) groups is 1. The van der Waals surface area contributed by atoms with Crippen LogP contribution >= 0.6 is 0 Å². The van der Waals surface area contributed by atoms with Crippen molar-refractivity contribution in [2.75, 3.05) is 11.1 Å². The highest BCUT2D eigenvalue weighted by Crippen LogP contribution is 2.50. The Labute approximate surface area is 99.9 Å². The van der Waals surface area contributed by atoms with Gasteiger partial charge >= 0.3 is 0 Å². The van der Waals surface area contributed by atoms with E-state index in [2.05, 4.69) is 5.32 Å². The van der Waals surface area contributed by atoms with Crippen molar-refractivity contribution in [3.8, 4) is 0 Å². The zero-order valence-electron chi connectivity index (χ0n) is 9.49. The first-order valence-electron chi connectivity index (χ1n) is 5.58. The number of fused-ring (bicyclic) bond motifs is 1. The van der Waals surface area contributed by atoms with Gasteiger partial charge < -0.3 is 5.32 Å². The minimum atomic E-state index is -3.36. The van der Waals surface area contributed by atoms with E-state index in [4.69, 9.17) is 0 Å². The Morgan fingerprint density at radius 1 is 1.29 bits per heavy atom. The monoisotopic (exact) mass is 251 g/mol. The molecule has 0 radical (unpaired) electrons. The number of carbonyl (C=O) groups excluding carboxylic acids is 1. The van der Waals surface area contributed by atoms with E-state index >= 15 is 0 Å². The first-order valence-corrected chi connectivity index (χ1v) is 7.23. The molecule has 1 fully saturated rings. The molecular weight excluding hydrogens is 238 g/mol. The van der Waals surface area contributed by atoms with E-state index in [0.717, 1.165) is 5.56 Å². The zero-order valence-corrected chi connectivity index (χ0v) is 10.3. The summed E-state index contributed by atoms with van der Waals surface area (Å²) in [6.07, 6.45) is 1.34. The van der Waals surface area contributed by atoms with Gasteiger partial charge in [0.15, 0.2) is 9.84 Å². The summed E-state index contributed by atoms with van der Waals surface area (Å²) in [4.78, 5) is 12.2. The van der Waals surface area contributed by atoms with Crippen LogP contribution < -0.4 is 5.32 Å². The molecule has 1 aliphatic carbocycles. The smallest absolute Gasteiger partial charge is 0.231 e. The molecule has 0 saturated heterocycles. The van der Waals surface area contributed by atoms with Gasteiger partial charge in [0.25, 0.3) is 0 Å². The van der Waals surface area contributed by atoms with Crippen LogP contribution in [0.3, 0.4) is 0 Å². The Bertz CT molecular complexity index is 615. The molecule has 1 aromatic carbocycles. The van der Waals surface area contributed by atoms with Crippen molar-refractivity contribution in [1.82, 2.24) is 0 Å². The minimum Gasteiger partial charge on any atom is -0.324 e. The predicted molar refractivity (Wildman–Crippen MR) is 63.5 cm³/mol. The fourth-order valence-electron chi connectivity index (χ4n) is 2.27. The normalized spacial score (nSPS) is 23.7. The van der Waals surface area contributed by atoms with E-state index in [1.165, 1.54) is 0 Å². The summed E-state index contributed by atoms with van der Waals surface area (Å²) in [5, 5.41) is 2.74. The summed E-state index contributed by atoms with van der Waals surface area (Å²) in [6.45, 7) is 1.84. The first-order chi connectivity index (χ1) is 7.93. The van der Waals surface area contributed by atoms with E-state index in [1.807, 2.05) is 6.92 Å². The summed E-state index contributed by atoms with van der Waals surface area (Å²) in [5.74, 6) is -0.203. The Kier molecular flexibility index (Phi) is 1.96. The molecule has 90 valence electrons. The summed E-state index contributed by atoms with van der Waals surface area (Å²) in [6, 6.07) is 5.10. The standard InChI is InChI=1S/C12H13NO3S/c1-8-2-3-9-10(6-8)17(15,16)7-12(4-5-12)11(14)13-9/h2-3,6H,4-5,7H2,1H3,(H,13,14). The second kappa shape index (κ2) is 3.10. The molecule has 1 N–H and O–H groups in total. The quantitative estimate of drug-likeness (QED) is 0.760. The van der Waals surface area contributed by atoms with Crippen molar-refractivity contribution in [1.29, 1.82) is 0 Å². The molecule has 17 heavy (non-hydrogen) atoms. The highest BCUT2D eigenvalue weighted by molar-refractivity contribution is 7.91. The molecule has 1 heterocycles. The molecule has 1 aromatic rings. The van der Waals surface area contributed by atoms with E-state index < -0.39 is 15.3 Å². The van der Waals surface area contributed by atoms with E-state index in [9.17, 15) is 13.2 Å². The molecule has 1 aliphatic heterocycles. The Hall–Kier alpha value is -1.36. The zero-order chi connectivity index (χ0) is 12.3. The lowest BCUT2D eigenvalue weighted by molar-refractivity contribution is -0.120. The lowest BCUT2D eigenvalue weighted by Crippen LogP contribution is -2.27. The van der Waals surface area contributed by atoms with Gasteiger partial charge in [-0.05, 0) is 37.5 Å². The highest BCUT2D eigenvalue weighted by atomic mass is 32.2. The van der Waals surface area contributed by atoms with Crippen LogP contribution in [-0.4, -0.2) is 20.1 Å². The molecule has 2 aliphatic rings. The largest absolute Gasteiger partial charge is 0.324 e. The second-order valence-corrected chi connectivity index (χ2v) is 6.95. The number of hydrogen-bond donors (Lipinski definition) is 1. The van der Waals surface area contributed by atoms with Gasteiger partial charge in [-0.1, -0.05) is 6.07 Å². The molecule has 4 nitrogen and oxygen atoms in total. The average molecular weight is 251 g/mol. The Balaban J connectivity index is 2.21. The lowest BCUT2D eigenvalue weighted by atomic mass is 10.1. The van der Waals surface area contributed by atoms with Crippen LogP contribution in [0.15, 0.2) is 23.1 Å². The summed E-state index contributed by atoms with van der Waals surface area (Å²) in [5.41, 5.74) is 0.642. The number of nitrogens with one attached hydrogen (secondary N) is 1. The van der Waals surface area contributed by atoms with Crippen molar-refractivity contribution in [2.45, 2.75) is 24.7 Å². The average Bonchev–Trinajstić information content (AvgIpc) is 3.00. The first kappa shape index (κ1) is 10.8. The third-order valence-electron chi connectivity index (χ3n) is 3.52. The number of aryl methyl sites for hydroxylation is 1. The van der Waals surface area contributed by atoms with E-state index in [-0.39, 0.29) is 16.6 Å². The number of anilines is 1. The van der Waals surface area contributed by atoms with Crippen LogP contribution in [0.25, 0.3) is 0 Å². The lowest BCUT2D eigenvalue weighted by Gasteiger charge is -2.08. The molecule has 1 amide bonds. The predicted octanol–water partition coefficient (Wildman–Crippen LogP) is 1.50. The molecule has 0 bridgehead atoms. The van der Waals surface area contributed by atoms with Gasteiger partial charge in [-0.3, -0.25) is 4.79 Å². The molecule has 0 aromatic heterocycles.